The SMILES string of the molecule is C#CCNC(=O)C1CCN(C(=O)c2ccc(Cl)cc2)CC1. The molecule has 1 fully saturated rings. The van der Waals surface area contributed by atoms with E-state index in [4.69, 9.17) is 18.0 Å². The molecular formula is C16H17ClN2O2. The molecule has 2 amide bonds. The number of nitrogens with zero attached hydrogens (tertiary/aromatic N) is 1. The van der Waals surface area contributed by atoms with Gasteiger partial charge in [-0.05, 0) is 37.1 Å². The molecule has 5 heteroatoms. The van der Waals surface area contributed by atoms with E-state index in [0.29, 0.717) is 36.5 Å². The number of carbonyl (C=O) groups excluding carboxylic acids is 2. The molecule has 1 aliphatic heterocycles. The van der Waals surface area contributed by atoms with Gasteiger partial charge in [-0.3, -0.25) is 9.59 Å². The zero-order valence-corrected chi connectivity index (χ0v) is 12.4. The highest BCUT2D eigenvalue weighted by Crippen LogP contribution is 2.20. The first-order chi connectivity index (χ1) is 10.1. The summed E-state index contributed by atoms with van der Waals surface area (Å²) in [6.07, 6.45) is 6.44. The van der Waals surface area contributed by atoms with Gasteiger partial charge in [0.25, 0.3) is 5.91 Å². The molecular weight excluding hydrogens is 288 g/mol. The van der Waals surface area contributed by atoms with E-state index in [1.54, 1.807) is 29.2 Å². The standard InChI is InChI=1S/C16H17ClN2O2/c1-2-9-18-15(20)12-7-10-19(11-8-12)16(21)13-3-5-14(17)6-4-13/h1,3-6,12H,7-11H2,(H,18,20). The van der Waals surface area contributed by atoms with Crippen molar-refractivity contribution in [3.8, 4) is 12.3 Å². The molecule has 0 aliphatic carbocycles. The number of terminal acetylenes is 1. The number of benzene rings is 1. The summed E-state index contributed by atoms with van der Waals surface area (Å²) in [7, 11) is 0. The minimum absolute atomic E-state index is 0.0193. The third kappa shape index (κ3) is 3.99. The van der Waals surface area contributed by atoms with E-state index in [-0.39, 0.29) is 24.3 Å². The summed E-state index contributed by atoms with van der Waals surface area (Å²) in [4.78, 5) is 25.9. The molecule has 21 heavy (non-hydrogen) atoms. The Labute approximate surface area is 129 Å². The van der Waals surface area contributed by atoms with Gasteiger partial charge in [-0.2, -0.15) is 0 Å². The lowest BCUT2D eigenvalue weighted by atomic mass is 9.95. The van der Waals surface area contributed by atoms with E-state index in [1.165, 1.54) is 0 Å². The van der Waals surface area contributed by atoms with Crippen LogP contribution in [0.25, 0.3) is 0 Å². The molecule has 1 N–H and O–H groups in total. The first-order valence-corrected chi connectivity index (χ1v) is 7.25. The average Bonchev–Trinajstić information content (AvgIpc) is 2.53. The predicted molar refractivity (Wildman–Crippen MR) is 81.9 cm³/mol. The molecule has 0 atom stereocenters. The lowest BCUT2D eigenvalue weighted by Gasteiger charge is -2.31. The molecule has 0 aromatic heterocycles. The van der Waals surface area contributed by atoms with E-state index in [0.717, 1.165) is 0 Å². The largest absolute Gasteiger partial charge is 0.345 e. The van der Waals surface area contributed by atoms with Crippen molar-refractivity contribution in [3.05, 3.63) is 34.9 Å². The van der Waals surface area contributed by atoms with Crippen LogP contribution in [0.1, 0.15) is 23.2 Å². The topological polar surface area (TPSA) is 49.4 Å². The minimum Gasteiger partial charge on any atom is -0.345 e. The fourth-order valence-corrected chi connectivity index (χ4v) is 2.53. The molecule has 0 radical (unpaired) electrons. The van der Waals surface area contributed by atoms with E-state index in [2.05, 4.69) is 11.2 Å². The summed E-state index contributed by atoms with van der Waals surface area (Å²) in [5.74, 6) is 2.28. The lowest BCUT2D eigenvalue weighted by molar-refractivity contribution is -0.126. The molecule has 2 rings (SSSR count). The number of amides is 2. The molecule has 0 spiro atoms. The second-order valence-corrected chi connectivity index (χ2v) is 5.43. The number of carbonyl (C=O) groups is 2. The minimum atomic E-state index is -0.0624. The summed E-state index contributed by atoms with van der Waals surface area (Å²) in [6, 6.07) is 6.84. The van der Waals surface area contributed by atoms with Crippen molar-refractivity contribution in [2.45, 2.75) is 12.8 Å². The Bertz CT molecular complexity index is 555. The van der Waals surface area contributed by atoms with E-state index < -0.39 is 0 Å². The predicted octanol–water partition coefficient (Wildman–Crippen LogP) is 1.94. The van der Waals surface area contributed by atoms with Crippen LogP contribution in [0, 0.1) is 18.3 Å². The second kappa shape index (κ2) is 7.14. The van der Waals surface area contributed by atoms with Crippen LogP contribution in [0.5, 0.6) is 0 Å². The van der Waals surface area contributed by atoms with Crippen LogP contribution in [0.3, 0.4) is 0 Å². The summed E-state index contributed by atoms with van der Waals surface area (Å²) in [5.41, 5.74) is 0.620. The van der Waals surface area contributed by atoms with Gasteiger partial charge >= 0.3 is 0 Å². The molecule has 4 nitrogen and oxygen atoms in total. The van der Waals surface area contributed by atoms with Crippen LogP contribution in [-0.4, -0.2) is 36.3 Å². The Balaban J connectivity index is 1.89. The van der Waals surface area contributed by atoms with Crippen molar-refractivity contribution in [2.24, 2.45) is 5.92 Å². The van der Waals surface area contributed by atoms with Gasteiger partial charge in [-0.1, -0.05) is 17.5 Å². The fourth-order valence-electron chi connectivity index (χ4n) is 2.40. The van der Waals surface area contributed by atoms with Crippen molar-refractivity contribution in [2.75, 3.05) is 19.6 Å². The number of hydrogen-bond donors (Lipinski definition) is 1. The van der Waals surface area contributed by atoms with Crippen LogP contribution < -0.4 is 5.32 Å². The zero-order valence-electron chi connectivity index (χ0n) is 11.6. The highest BCUT2D eigenvalue weighted by atomic mass is 35.5. The molecule has 0 saturated carbocycles. The monoisotopic (exact) mass is 304 g/mol. The van der Waals surface area contributed by atoms with Crippen LogP contribution in [-0.2, 0) is 4.79 Å². The van der Waals surface area contributed by atoms with Gasteiger partial charge in [-0.25, -0.2) is 0 Å². The Morgan fingerprint density at radius 3 is 2.48 bits per heavy atom. The third-order valence-electron chi connectivity index (χ3n) is 3.61. The molecule has 110 valence electrons. The van der Waals surface area contributed by atoms with Crippen molar-refractivity contribution >= 4 is 23.4 Å². The third-order valence-corrected chi connectivity index (χ3v) is 3.86. The van der Waals surface area contributed by atoms with Crippen molar-refractivity contribution < 1.29 is 9.59 Å². The fraction of sp³-hybridized carbons (Fsp3) is 0.375. The van der Waals surface area contributed by atoms with Gasteiger partial charge in [0.05, 0.1) is 6.54 Å². The number of piperidine rings is 1. The van der Waals surface area contributed by atoms with Gasteiger partial charge in [0, 0.05) is 29.6 Å². The van der Waals surface area contributed by atoms with Crippen molar-refractivity contribution in [1.29, 1.82) is 0 Å². The molecule has 1 heterocycles. The number of rotatable bonds is 3. The summed E-state index contributed by atoms with van der Waals surface area (Å²) in [6.45, 7) is 1.41. The van der Waals surface area contributed by atoms with E-state index in [9.17, 15) is 9.59 Å². The summed E-state index contributed by atoms with van der Waals surface area (Å²) in [5, 5.41) is 3.30. The molecule has 1 aliphatic rings. The molecule has 1 aromatic carbocycles. The first-order valence-electron chi connectivity index (χ1n) is 6.88. The summed E-state index contributed by atoms with van der Waals surface area (Å²) >= 11 is 5.81. The van der Waals surface area contributed by atoms with Crippen LogP contribution >= 0.6 is 11.6 Å². The second-order valence-electron chi connectivity index (χ2n) is 5.00. The lowest BCUT2D eigenvalue weighted by Crippen LogP contribution is -2.43. The van der Waals surface area contributed by atoms with E-state index >= 15 is 0 Å². The Morgan fingerprint density at radius 2 is 1.90 bits per heavy atom. The highest BCUT2D eigenvalue weighted by molar-refractivity contribution is 6.30. The number of halogens is 1. The number of hydrogen-bond acceptors (Lipinski definition) is 2. The smallest absolute Gasteiger partial charge is 0.253 e. The van der Waals surface area contributed by atoms with Crippen LogP contribution in [0.15, 0.2) is 24.3 Å². The normalized spacial score (nSPS) is 15.3. The Morgan fingerprint density at radius 1 is 1.29 bits per heavy atom. The average molecular weight is 305 g/mol. The molecule has 0 bridgehead atoms. The molecule has 1 aromatic rings. The molecule has 0 unspecified atom stereocenters. The Hall–Kier alpha value is -1.99. The van der Waals surface area contributed by atoms with Crippen molar-refractivity contribution in [1.82, 2.24) is 10.2 Å². The van der Waals surface area contributed by atoms with E-state index in [1.807, 2.05) is 0 Å². The quantitative estimate of drug-likeness (QED) is 0.868. The van der Waals surface area contributed by atoms with Crippen LogP contribution in [0.4, 0.5) is 0 Å². The van der Waals surface area contributed by atoms with Gasteiger partial charge in [-0.15, -0.1) is 6.42 Å². The zero-order chi connectivity index (χ0) is 15.2. The van der Waals surface area contributed by atoms with Crippen LogP contribution in [0.2, 0.25) is 5.02 Å². The maximum absolute atomic E-state index is 12.3. The number of nitrogens with one attached hydrogen (secondary N) is 1. The van der Waals surface area contributed by atoms with Gasteiger partial charge in [0.2, 0.25) is 5.91 Å². The van der Waals surface area contributed by atoms with Gasteiger partial charge < -0.3 is 10.2 Å². The number of likely N-dealkylation sites (tertiary alicyclic amines) is 1. The van der Waals surface area contributed by atoms with Gasteiger partial charge in [0.15, 0.2) is 0 Å². The maximum atomic E-state index is 12.3. The highest BCUT2D eigenvalue weighted by Gasteiger charge is 2.27. The summed E-state index contributed by atoms with van der Waals surface area (Å²) < 4.78 is 0. The first kappa shape index (κ1) is 15.4. The molecule has 1 saturated heterocycles. The Kier molecular flexibility index (Phi) is 5.24. The van der Waals surface area contributed by atoms with Crippen molar-refractivity contribution in [3.63, 3.8) is 0 Å². The van der Waals surface area contributed by atoms with Gasteiger partial charge in [0.1, 0.15) is 0 Å². The maximum Gasteiger partial charge on any atom is 0.253 e.